The average Bonchev–Trinajstić information content (AvgIpc) is 2.69. The lowest BCUT2D eigenvalue weighted by Gasteiger charge is -2.06. The fourth-order valence-electron chi connectivity index (χ4n) is 2.29. The summed E-state index contributed by atoms with van der Waals surface area (Å²) >= 11 is 0. The van der Waals surface area contributed by atoms with Gasteiger partial charge in [0.25, 0.3) is 0 Å². The first kappa shape index (κ1) is 16.3. The fraction of sp³-hybridized carbons (Fsp3) is 0. The summed E-state index contributed by atoms with van der Waals surface area (Å²) in [4.78, 5) is 35.1. The zero-order valence-corrected chi connectivity index (χ0v) is 13.2. The van der Waals surface area contributed by atoms with Crippen LogP contribution in [0.1, 0.15) is 36.6 Å². The summed E-state index contributed by atoms with van der Waals surface area (Å²) in [6.07, 6.45) is 0.716. The van der Waals surface area contributed by atoms with Gasteiger partial charge in [-0.25, -0.2) is 4.79 Å². The van der Waals surface area contributed by atoms with Crippen molar-refractivity contribution in [1.29, 1.82) is 0 Å². The zero-order valence-electron chi connectivity index (χ0n) is 13.2. The van der Waals surface area contributed by atoms with E-state index in [9.17, 15) is 14.4 Å². The molecule has 0 aromatic heterocycles. The third-order valence-corrected chi connectivity index (χ3v) is 3.65. The SMILES string of the molecule is O=Cc1ccc(OC(=O)c2ccc(C(=O)c3ccccc3)cc2)cc1. The van der Waals surface area contributed by atoms with E-state index >= 15 is 0 Å². The summed E-state index contributed by atoms with van der Waals surface area (Å²) in [7, 11) is 0. The normalized spacial score (nSPS) is 10.1. The molecular weight excluding hydrogens is 316 g/mol. The van der Waals surface area contributed by atoms with Crippen LogP contribution in [0.2, 0.25) is 0 Å². The van der Waals surface area contributed by atoms with Crippen LogP contribution in [0.3, 0.4) is 0 Å². The summed E-state index contributed by atoms with van der Waals surface area (Å²) in [6.45, 7) is 0. The molecule has 0 N–H and O–H groups in total. The zero-order chi connectivity index (χ0) is 17.6. The van der Waals surface area contributed by atoms with Crippen molar-refractivity contribution in [3.8, 4) is 5.75 Å². The van der Waals surface area contributed by atoms with E-state index in [0.717, 1.165) is 0 Å². The molecule has 0 radical (unpaired) electrons. The van der Waals surface area contributed by atoms with Crippen LogP contribution >= 0.6 is 0 Å². The first-order valence-corrected chi connectivity index (χ1v) is 7.64. The minimum atomic E-state index is -0.530. The minimum Gasteiger partial charge on any atom is -0.423 e. The van der Waals surface area contributed by atoms with Gasteiger partial charge in [-0.2, -0.15) is 0 Å². The Morgan fingerprint density at radius 1 is 0.680 bits per heavy atom. The molecule has 3 aromatic rings. The Kier molecular flexibility index (Phi) is 4.81. The van der Waals surface area contributed by atoms with E-state index in [1.54, 1.807) is 72.8 Å². The lowest BCUT2D eigenvalue weighted by atomic mass is 10.0. The molecule has 0 unspecified atom stereocenters. The molecule has 0 spiro atoms. The highest BCUT2D eigenvalue weighted by Gasteiger charge is 2.12. The molecule has 0 fully saturated rings. The number of ketones is 1. The van der Waals surface area contributed by atoms with E-state index in [1.807, 2.05) is 6.07 Å². The molecule has 0 aliphatic heterocycles. The first-order chi connectivity index (χ1) is 12.2. The second kappa shape index (κ2) is 7.36. The highest BCUT2D eigenvalue weighted by Crippen LogP contribution is 2.15. The predicted octanol–water partition coefficient (Wildman–Crippen LogP) is 3.95. The van der Waals surface area contributed by atoms with Gasteiger partial charge in [0, 0.05) is 16.7 Å². The maximum Gasteiger partial charge on any atom is 0.343 e. The summed E-state index contributed by atoms with van der Waals surface area (Å²) in [5, 5.41) is 0. The molecule has 0 bridgehead atoms. The first-order valence-electron chi connectivity index (χ1n) is 7.64. The van der Waals surface area contributed by atoms with Crippen molar-refractivity contribution >= 4 is 18.0 Å². The van der Waals surface area contributed by atoms with Gasteiger partial charge in [-0.3, -0.25) is 9.59 Å². The number of carbonyl (C=O) groups is 3. The smallest absolute Gasteiger partial charge is 0.343 e. The van der Waals surface area contributed by atoms with Crippen LogP contribution < -0.4 is 4.74 Å². The number of ether oxygens (including phenoxy) is 1. The molecule has 0 atom stereocenters. The standard InChI is InChI=1S/C21H14O4/c22-14-15-6-12-19(13-7-15)25-21(24)18-10-8-17(9-11-18)20(23)16-4-2-1-3-5-16/h1-14H. The number of carbonyl (C=O) groups excluding carboxylic acids is 3. The summed E-state index contributed by atoms with van der Waals surface area (Å²) in [5.74, 6) is -0.289. The molecule has 4 heteroatoms. The molecule has 0 aliphatic carbocycles. The molecule has 0 saturated heterocycles. The quantitative estimate of drug-likeness (QED) is 0.308. The molecule has 122 valence electrons. The van der Waals surface area contributed by atoms with E-state index in [4.69, 9.17) is 4.74 Å². The van der Waals surface area contributed by atoms with Crippen LogP contribution in [0, 0.1) is 0 Å². The second-order valence-corrected chi connectivity index (χ2v) is 5.35. The van der Waals surface area contributed by atoms with Crippen LogP contribution in [0.15, 0.2) is 78.9 Å². The van der Waals surface area contributed by atoms with Crippen LogP contribution in [-0.2, 0) is 0 Å². The minimum absolute atomic E-state index is 0.107. The maximum atomic E-state index is 12.3. The molecule has 0 aliphatic rings. The van der Waals surface area contributed by atoms with Crippen LogP contribution in [0.4, 0.5) is 0 Å². The largest absolute Gasteiger partial charge is 0.423 e. The highest BCUT2D eigenvalue weighted by molar-refractivity contribution is 6.09. The van der Waals surface area contributed by atoms with Crippen molar-refractivity contribution < 1.29 is 19.1 Å². The number of hydrogen-bond acceptors (Lipinski definition) is 4. The summed E-state index contributed by atoms with van der Waals surface area (Å²) < 4.78 is 5.25. The van der Waals surface area contributed by atoms with Gasteiger partial charge in [0.15, 0.2) is 5.78 Å². The molecule has 0 saturated carbocycles. The van der Waals surface area contributed by atoms with Crippen LogP contribution in [0.5, 0.6) is 5.75 Å². The van der Waals surface area contributed by atoms with E-state index in [2.05, 4.69) is 0 Å². The molecule has 25 heavy (non-hydrogen) atoms. The lowest BCUT2D eigenvalue weighted by molar-refractivity contribution is 0.0734. The topological polar surface area (TPSA) is 60.4 Å². The van der Waals surface area contributed by atoms with Gasteiger partial charge >= 0.3 is 5.97 Å². The monoisotopic (exact) mass is 330 g/mol. The van der Waals surface area contributed by atoms with E-state index in [-0.39, 0.29) is 5.78 Å². The van der Waals surface area contributed by atoms with E-state index < -0.39 is 5.97 Å². The summed E-state index contributed by atoms with van der Waals surface area (Å²) in [5.41, 5.74) is 1.93. The van der Waals surface area contributed by atoms with Crippen molar-refractivity contribution in [2.45, 2.75) is 0 Å². The van der Waals surface area contributed by atoms with Crippen molar-refractivity contribution in [3.05, 3.63) is 101 Å². The van der Waals surface area contributed by atoms with Gasteiger partial charge in [-0.1, -0.05) is 42.5 Å². The highest BCUT2D eigenvalue weighted by atomic mass is 16.5. The Bertz CT molecular complexity index is 895. The van der Waals surface area contributed by atoms with Crippen LogP contribution in [0.25, 0.3) is 0 Å². The number of benzene rings is 3. The van der Waals surface area contributed by atoms with Gasteiger partial charge in [0.2, 0.25) is 0 Å². The maximum absolute atomic E-state index is 12.3. The Morgan fingerprint density at radius 2 is 1.24 bits per heavy atom. The lowest BCUT2D eigenvalue weighted by Crippen LogP contribution is -2.09. The van der Waals surface area contributed by atoms with Crippen molar-refractivity contribution in [3.63, 3.8) is 0 Å². The number of hydrogen-bond donors (Lipinski definition) is 0. The molecule has 4 nitrogen and oxygen atoms in total. The van der Waals surface area contributed by atoms with E-state index in [0.29, 0.717) is 34.3 Å². The van der Waals surface area contributed by atoms with Gasteiger partial charge in [-0.15, -0.1) is 0 Å². The fourth-order valence-corrected chi connectivity index (χ4v) is 2.29. The number of aldehydes is 1. The predicted molar refractivity (Wildman–Crippen MR) is 93.1 cm³/mol. The third-order valence-electron chi connectivity index (χ3n) is 3.65. The second-order valence-electron chi connectivity index (χ2n) is 5.35. The van der Waals surface area contributed by atoms with E-state index in [1.165, 1.54) is 0 Å². The van der Waals surface area contributed by atoms with Gasteiger partial charge < -0.3 is 4.74 Å². The Labute approximate surface area is 144 Å². The van der Waals surface area contributed by atoms with Crippen molar-refractivity contribution in [1.82, 2.24) is 0 Å². The molecule has 3 aromatic carbocycles. The number of rotatable bonds is 5. The summed E-state index contributed by atoms with van der Waals surface area (Å²) in [6, 6.07) is 21.5. The van der Waals surface area contributed by atoms with Gasteiger partial charge in [0.1, 0.15) is 12.0 Å². The Morgan fingerprint density at radius 3 is 1.84 bits per heavy atom. The molecule has 0 heterocycles. The average molecular weight is 330 g/mol. The Balaban J connectivity index is 1.72. The van der Waals surface area contributed by atoms with Crippen molar-refractivity contribution in [2.24, 2.45) is 0 Å². The van der Waals surface area contributed by atoms with Crippen LogP contribution in [-0.4, -0.2) is 18.0 Å². The van der Waals surface area contributed by atoms with Crippen molar-refractivity contribution in [2.75, 3.05) is 0 Å². The molecular formula is C21H14O4. The number of esters is 1. The third kappa shape index (κ3) is 3.87. The van der Waals surface area contributed by atoms with Gasteiger partial charge in [0.05, 0.1) is 5.56 Å². The van der Waals surface area contributed by atoms with Gasteiger partial charge in [-0.05, 0) is 36.4 Å². The Hall–Kier alpha value is -3.53. The molecule has 0 amide bonds. The molecule has 3 rings (SSSR count).